The molecule has 1 aromatic heterocycles. The Balaban J connectivity index is 2.32. The van der Waals surface area contributed by atoms with Gasteiger partial charge in [-0.15, -0.1) is 0 Å². The van der Waals surface area contributed by atoms with E-state index >= 15 is 0 Å². The van der Waals surface area contributed by atoms with Gasteiger partial charge >= 0.3 is 6.18 Å². The number of nitrogens with zero attached hydrogens (tertiary/aromatic N) is 1. The van der Waals surface area contributed by atoms with E-state index in [2.05, 4.69) is 26.2 Å². The van der Waals surface area contributed by atoms with Crippen molar-refractivity contribution in [3.05, 3.63) is 22.3 Å². The molecule has 0 bridgehead atoms. The first-order valence-electron chi connectivity index (χ1n) is 6.57. The van der Waals surface area contributed by atoms with Gasteiger partial charge in [0.1, 0.15) is 5.82 Å². The summed E-state index contributed by atoms with van der Waals surface area (Å²) in [6.45, 7) is 0.308. The molecule has 0 aliphatic heterocycles. The molecule has 1 aliphatic carbocycles. The Morgan fingerprint density at radius 1 is 1.30 bits per heavy atom. The molecule has 1 saturated carbocycles. The fourth-order valence-corrected chi connectivity index (χ4v) is 2.95. The minimum Gasteiger partial charge on any atom is -0.363 e. The van der Waals surface area contributed by atoms with Gasteiger partial charge < -0.3 is 11.1 Å². The molecule has 3 N–H and O–H groups in total. The number of anilines is 1. The molecule has 2 rings (SSSR count). The number of aromatic nitrogens is 1. The second-order valence-electron chi connectivity index (χ2n) is 5.22. The molecular weight excluding hydrogens is 335 g/mol. The third-order valence-electron chi connectivity index (χ3n) is 3.74. The van der Waals surface area contributed by atoms with Gasteiger partial charge in [-0.05, 0) is 34.8 Å². The second kappa shape index (κ2) is 5.89. The smallest absolute Gasteiger partial charge is 0.363 e. The summed E-state index contributed by atoms with van der Waals surface area (Å²) in [4.78, 5) is 3.90. The Hall–Kier alpha value is -0.820. The van der Waals surface area contributed by atoms with Gasteiger partial charge in [0, 0.05) is 17.2 Å². The normalized spacial score (nSPS) is 18.9. The lowest BCUT2D eigenvalue weighted by Crippen LogP contribution is -2.47. The van der Waals surface area contributed by atoms with Crippen molar-refractivity contribution in [2.45, 2.75) is 43.8 Å². The van der Waals surface area contributed by atoms with Gasteiger partial charge in [0.15, 0.2) is 0 Å². The summed E-state index contributed by atoms with van der Waals surface area (Å²) in [5, 5.41) is 2.97. The van der Waals surface area contributed by atoms with Crippen molar-refractivity contribution in [3.8, 4) is 0 Å². The Labute approximate surface area is 124 Å². The van der Waals surface area contributed by atoms with Crippen LogP contribution in [0.25, 0.3) is 0 Å². The quantitative estimate of drug-likeness (QED) is 0.867. The standard InChI is InChI=1S/C13H17BrF3N3/c14-9-6-10(13(15,16)17)11(19-7-9)20-12(8-18)4-2-1-3-5-12/h6-7H,1-5,8,18H2,(H,19,20). The van der Waals surface area contributed by atoms with Gasteiger partial charge in [0.2, 0.25) is 0 Å². The molecule has 0 amide bonds. The largest absolute Gasteiger partial charge is 0.419 e. The third-order valence-corrected chi connectivity index (χ3v) is 4.18. The number of hydrogen-bond donors (Lipinski definition) is 2. The Bertz CT molecular complexity index is 470. The van der Waals surface area contributed by atoms with Crippen molar-refractivity contribution in [1.82, 2.24) is 4.98 Å². The molecule has 112 valence electrons. The van der Waals surface area contributed by atoms with Crippen LogP contribution >= 0.6 is 15.9 Å². The van der Waals surface area contributed by atoms with Crippen molar-refractivity contribution in [3.63, 3.8) is 0 Å². The molecule has 7 heteroatoms. The minimum atomic E-state index is -4.44. The van der Waals surface area contributed by atoms with Crippen molar-refractivity contribution in [1.29, 1.82) is 0 Å². The summed E-state index contributed by atoms with van der Waals surface area (Å²) < 4.78 is 39.5. The van der Waals surface area contributed by atoms with Crippen LogP contribution < -0.4 is 11.1 Å². The summed E-state index contributed by atoms with van der Waals surface area (Å²) >= 11 is 3.03. The molecule has 1 aliphatic rings. The van der Waals surface area contributed by atoms with Crippen molar-refractivity contribution in [2.24, 2.45) is 5.73 Å². The van der Waals surface area contributed by atoms with E-state index in [9.17, 15) is 13.2 Å². The lowest BCUT2D eigenvalue weighted by atomic mass is 9.81. The van der Waals surface area contributed by atoms with E-state index in [4.69, 9.17) is 5.73 Å². The fourth-order valence-electron chi connectivity index (χ4n) is 2.61. The van der Waals surface area contributed by atoms with Crippen LogP contribution in [0, 0.1) is 0 Å². The number of hydrogen-bond acceptors (Lipinski definition) is 3. The lowest BCUT2D eigenvalue weighted by molar-refractivity contribution is -0.137. The van der Waals surface area contributed by atoms with Crippen LogP contribution in [0.4, 0.5) is 19.0 Å². The van der Waals surface area contributed by atoms with E-state index in [0.29, 0.717) is 11.0 Å². The summed E-state index contributed by atoms with van der Waals surface area (Å²) in [7, 11) is 0. The van der Waals surface area contributed by atoms with Crippen LogP contribution in [-0.2, 0) is 6.18 Å². The molecule has 0 unspecified atom stereocenters. The Morgan fingerprint density at radius 3 is 2.50 bits per heavy atom. The van der Waals surface area contributed by atoms with Gasteiger partial charge in [-0.1, -0.05) is 19.3 Å². The number of halogens is 4. The van der Waals surface area contributed by atoms with E-state index in [1.807, 2.05) is 0 Å². The van der Waals surface area contributed by atoms with Crippen molar-refractivity contribution >= 4 is 21.7 Å². The topological polar surface area (TPSA) is 50.9 Å². The maximum Gasteiger partial charge on any atom is 0.419 e. The highest BCUT2D eigenvalue weighted by atomic mass is 79.9. The van der Waals surface area contributed by atoms with Crippen molar-refractivity contribution < 1.29 is 13.2 Å². The van der Waals surface area contributed by atoms with E-state index in [1.54, 1.807) is 0 Å². The van der Waals surface area contributed by atoms with E-state index in [1.165, 1.54) is 6.20 Å². The maximum atomic E-state index is 13.1. The van der Waals surface area contributed by atoms with E-state index < -0.39 is 17.3 Å². The Morgan fingerprint density at radius 2 is 1.95 bits per heavy atom. The fraction of sp³-hybridized carbons (Fsp3) is 0.615. The van der Waals surface area contributed by atoms with Crippen LogP contribution in [0.1, 0.15) is 37.7 Å². The lowest BCUT2D eigenvalue weighted by Gasteiger charge is -2.38. The number of alkyl halides is 3. The van der Waals surface area contributed by atoms with Gasteiger partial charge in [0.25, 0.3) is 0 Å². The first-order valence-corrected chi connectivity index (χ1v) is 7.37. The third kappa shape index (κ3) is 3.44. The molecule has 0 spiro atoms. The summed E-state index contributed by atoms with van der Waals surface area (Å²) in [5.41, 5.74) is 4.56. The van der Waals surface area contributed by atoms with Gasteiger partial charge in [0.05, 0.1) is 11.1 Å². The zero-order chi connectivity index (χ0) is 14.8. The number of nitrogens with two attached hydrogens (primary N) is 1. The molecule has 3 nitrogen and oxygen atoms in total. The molecule has 0 atom stereocenters. The van der Waals surface area contributed by atoms with Gasteiger partial charge in [-0.25, -0.2) is 4.98 Å². The van der Waals surface area contributed by atoms with E-state index in [-0.39, 0.29) is 5.82 Å². The molecule has 1 aromatic rings. The first-order chi connectivity index (χ1) is 9.36. The minimum absolute atomic E-state index is 0.131. The van der Waals surface area contributed by atoms with Crippen LogP contribution in [0.3, 0.4) is 0 Å². The predicted octanol–water partition coefficient (Wildman–Crippen LogP) is 3.94. The number of pyridine rings is 1. The average molecular weight is 352 g/mol. The molecule has 0 radical (unpaired) electrons. The molecule has 0 saturated heterocycles. The molecule has 20 heavy (non-hydrogen) atoms. The SMILES string of the molecule is NCC1(Nc2ncc(Br)cc2C(F)(F)F)CCCCC1. The number of nitrogens with one attached hydrogen (secondary N) is 1. The first kappa shape index (κ1) is 15.6. The van der Waals surface area contributed by atoms with Crippen LogP contribution in [-0.4, -0.2) is 17.1 Å². The summed E-state index contributed by atoms with van der Waals surface area (Å²) in [6, 6.07) is 1.04. The number of rotatable bonds is 3. The molecule has 1 heterocycles. The average Bonchev–Trinajstić information content (AvgIpc) is 2.41. The maximum absolute atomic E-state index is 13.1. The monoisotopic (exact) mass is 351 g/mol. The van der Waals surface area contributed by atoms with E-state index in [0.717, 1.165) is 38.2 Å². The zero-order valence-electron chi connectivity index (χ0n) is 10.9. The van der Waals surface area contributed by atoms with Crippen molar-refractivity contribution in [2.75, 3.05) is 11.9 Å². The highest BCUT2D eigenvalue weighted by Gasteiger charge is 2.38. The van der Waals surface area contributed by atoms with Crippen LogP contribution in [0.5, 0.6) is 0 Å². The molecular formula is C13H17BrF3N3. The predicted molar refractivity (Wildman–Crippen MR) is 75.4 cm³/mol. The van der Waals surface area contributed by atoms with Crippen LogP contribution in [0.15, 0.2) is 16.7 Å². The second-order valence-corrected chi connectivity index (χ2v) is 6.13. The highest BCUT2D eigenvalue weighted by Crippen LogP contribution is 2.38. The van der Waals surface area contributed by atoms with Crippen LogP contribution in [0.2, 0.25) is 0 Å². The summed E-state index contributed by atoms with van der Waals surface area (Å²) in [6.07, 6.45) is 1.53. The van der Waals surface area contributed by atoms with Gasteiger partial charge in [-0.2, -0.15) is 13.2 Å². The molecule has 1 fully saturated rings. The zero-order valence-corrected chi connectivity index (χ0v) is 12.5. The Kier molecular flexibility index (Phi) is 4.59. The highest BCUT2D eigenvalue weighted by molar-refractivity contribution is 9.10. The van der Waals surface area contributed by atoms with Gasteiger partial charge in [-0.3, -0.25) is 0 Å². The molecule has 0 aromatic carbocycles. The summed E-state index contributed by atoms with van der Waals surface area (Å²) in [5.74, 6) is -0.131.